The van der Waals surface area contributed by atoms with Crippen molar-refractivity contribution in [1.82, 2.24) is 9.97 Å². The summed E-state index contributed by atoms with van der Waals surface area (Å²) in [6, 6.07) is 12.3. The van der Waals surface area contributed by atoms with Gasteiger partial charge in [-0.1, -0.05) is 42.5 Å². The van der Waals surface area contributed by atoms with E-state index in [1.54, 1.807) is 17.5 Å². The van der Waals surface area contributed by atoms with Gasteiger partial charge in [0.25, 0.3) is 0 Å². The molecular weight excluding hydrogens is 314 g/mol. The lowest BCUT2D eigenvalue weighted by Crippen LogP contribution is -1.94. The molecule has 1 aromatic carbocycles. The fourth-order valence-corrected chi connectivity index (χ4v) is 3.38. The van der Waals surface area contributed by atoms with Gasteiger partial charge in [0.2, 0.25) is 0 Å². The molecule has 0 saturated heterocycles. The Morgan fingerprint density at radius 3 is 2.71 bits per heavy atom. The van der Waals surface area contributed by atoms with E-state index in [-0.39, 0.29) is 0 Å². The second kappa shape index (κ2) is 7.23. The van der Waals surface area contributed by atoms with Crippen LogP contribution in [0.1, 0.15) is 18.2 Å². The van der Waals surface area contributed by atoms with Crippen LogP contribution in [0.25, 0.3) is 27.4 Å². The summed E-state index contributed by atoms with van der Waals surface area (Å²) in [7, 11) is 0. The quantitative estimate of drug-likeness (QED) is 0.679. The van der Waals surface area contributed by atoms with Crippen molar-refractivity contribution in [3.8, 4) is 21.8 Å². The van der Waals surface area contributed by atoms with Crippen LogP contribution >= 0.6 is 11.3 Å². The molecule has 0 radical (unpaired) electrons. The Balaban J connectivity index is 2.10. The van der Waals surface area contributed by atoms with E-state index >= 15 is 0 Å². The van der Waals surface area contributed by atoms with Gasteiger partial charge in [-0.2, -0.15) is 0 Å². The second-order valence-corrected chi connectivity index (χ2v) is 6.26. The van der Waals surface area contributed by atoms with Crippen LogP contribution in [0.15, 0.2) is 66.3 Å². The molecule has 0 aliphatic rings. The van der Waals surface area contributed by atoms with Gasteiger partial charge < -0.3 is 5.73 Å². The average Bonchev–Trinajstić information content (AvgIpc) is 3.11. The van der Waals surface area contributed by atoms with Crippen molar-refractivity contribution in [1.29, 1.82) is 0 Å². The fraction of sp³-hybridized carbons (Fsp3) is 0.100. The Morgan fingerprint density at radius 2 is 2.00 bits per heavy atom. The van der Waals surface area contributed by atoms with Gasteiger partial charge >= 0.3 is 0 Å². The molecule has 0 aliphatic carbocycles. The third-order valence-corrected chi connectivity index (χ3v) is 4.56. The summed E-state index contributed by atoms with van der Waals surface area (Å²) >= 11 is 1.64. The van der Waals surface area contributed by atoms with E-state index in [1.807, 2.05) is 50.4 Å². The number of pyridine rings is 1. The van der Waals surface area contributed by atoms with Crippen LogP contribution in [0.4, 0.5) is 0 Å². The van der Waals surface area contributed by atoms with E-state index in [2.05, 4.69) is 28.6 Å². The Hall–Kier alpha value is -2.72. The number of hydrogen-bond acceptors (Lipinski definition) is 4. The molecule has 3 aromatic rings. The number of thiazole rings is 1. The molecule has 2 heterocycles. The molecule has 120 valence electrons. The topological polar surface area (TPSA) is 51.8 Å². The number of nitrogens with zero attached hydrogens (tertiary/aromatic N) is 2. The number of rotatable bonds is 4. The SMILES string of the molecule is C/C=C\C(=C/N)c1cnc(C)cc1-c1nc(-c2ccccc2)cs1. The third kappa shape index (κ3) is 3.29. The summed E-state index contributed by atoms with van der Waals surface area (Å²) in [5, 5.41) is 3.06. The highest BCUT2D eigenvalue weighted by Gasteiger charge is 2.13. The highest BCUT2D eigenvalue weighted by atomic mass is 32.1. The van der Waals surface area contributed by atoms with Crippen LogP contribution in [0.2, 0.25) is 0 Å². The summed E-state index contributed by atoms with van der Waals surface area (Å²) in [5.41, 5.74) is 11.9. The van der Waals surface area contributed by atoms with Gasteiger partial charge in [0.05, 0.1) is 5.69 Å². The van der Waals surface area contributed by atoms with E-state index in [0.717, 1.165) is 38.7 Å². The molecule has 0 spiro atoms. The van der Waals surface area contributed by atoms with Gasteiger partial charge in [0, 0.05) is 40.2 Å². The lowest BCUT2D eigenvalue weighted by molar-refractivity contribution is 1.19. The Kier molecular flexibility index (Phi) is 4.87. The van der Waals surface area contributed by atoms with Crippen LogP contribution in [-0.2, 0) is 0 Å². The van der Waals surface area contributed by atoms with Gasteiger partial charge in [-0.15, -0.1) is 11.3 Å². The van der Waals surface area contributed by atoms with Crippen LogP contribution in [0, 0.1) is 6.92 Å². The van der Waals surface area contributed by atoms with Crippen molar-refractivity contribution in [2.45, 2.75) is 13.8 Å². The molecule has 3 nitrogen and oxygen atoms in total. The normalized spacial score (nSPS) is 12.0. The monoisotopic (exact) mass is 333 g/mol. The molecule has 2 aromatic heterocycles. The zero-order valence-corrected chi connectivity index (χ0v) is 14.5. The Morgan fingerprint density at radius 1 is 1.21 bits per heavy atom. The van der Waals surface area contributed by atoms with E-state index in [0.29, 0.717) is 0 Å². The lowest BCUT2D eigenvalue weighted by atomic mass is 10.0. The standard InChI is InChI=1S/C20H19N3S/c1-3-7-16(11-21)18-12-22-14(2)10-17(18)20-23-19(13-24-20)15-8-5-4-6-9-15/h3-13H,21H2,1-2H3/b7-3-,16-11+. The van der Waals surface area contributed by atoms with Gasteiger partial charge in [-0.05, 0) is 25.5 Å². The molecule has 4 heteroatoms. The number of benzene rings is 1. The molecule has 0 bridgehead atoms. The average molecular weight is 333 g/mol. The molecule has 0 amide bonds. The predicted molar refractivity (Wildman–Crippen MR) is 102 cm³/mol. The highest BCUT2D eigenvalue weighted by molar-refractivity contribution is 7.13. The van der Waals surface area contributed by atoms with Crippen molar-refractivity contribution < 1.29 is 0 Å². The molecule has 0 atom stereocenters. The zero-order valence-electron chi connectivity index (χ0n) is 13.7. The number of aromatic nitrogens is 2. The van der Waals surface area contributed by atoms with Crippen LogP contribution in [0.5, 0.6) is 0 Å². The van der Waals surface area contributed by atoms with Crippen molar-refractivity contribution in [2.24, 2.45) is 5.73 Å². The number of allylic oxidation sites excluding steroid dienone is 3. The van der Waals surface area contributed by atoms with Crippen molar-refractivity contribution in [2.75, 3.05) is 0 Å². The summed E-state index contributed by atoms with van der Waals surface area (Å²) in [5.74, 6) is 0. The maximum Gasteiger partial charge on any atom is 0.124 e. The van der Waals surface area contributed by atoms with Crippen molar-refractivity contribution in [3.63, 3.8) is 0 Å². The maximum atomic E-state index is 5.81. The largest absolute Gasteiger partial charge is 0.404 e. The van der Waals surface area contributed by atoms with Gasteiger partial charge in [-0.3, -0.25) is 4.98 Å². The minimum atomic E-state index is 0.941. The minimum Gasteiger partial charge on any atom is -0.404 e. The predicted octanol–water partition coefficient (Wildman–Crippen LogP) is 5.06. The number of aryl methyl sites for hydroxylation is 1. The first-order valence-electron chi connectivity index (χ1n) is 7.76. The van der Waals surface area contributed by atoms with Crippen molar-refractivity contribution >= 4 is 16.9 Å². The molecule has 2 N–H and O–H groups in total. The summed E-state index contributed by atoms with van der Waals surface area (Å²) < 4.78 is 0. The van der Waals surface area contributed by atoms with E-state index < -0.39 is 0 Å². The Bertz CT molecular complexity index is 892. The Labute approximate surface area is 146 Å². The number of hydrogen-bond donors (Lipinski definition) is 1. The van der Waals surface area contributed by atoms with Crippen molar-refractivity contribution in [3.05, 3.63) is 77.6 Å². The molecule has 24 heavy (non-hydrogen) atoms. The van der Waals surface area contributed by atoms with Gasteiger partial charge in [0.15, 0.2) is 0 Å². The smallest absolute Gasteiger partial charge is 0.124 e. The number of nitrogens with two attached hydrogens (primary N) is 1. The molecular formula is C20H19N3S. The van der Waals surface area contributed by atoms with Gasteiger partial charge in [0.1, 0.15) is 5.01 Å². The first kappa shape index (κ1) is 16.1. The maximum absolute atomic E-state index is 5.81. The highest BCUT2D eigenvalue weighted by Crippen LogP contribution is 2.34. The summed E-state index contributed by atoms with van der Waals surface area (Å²) in [4.78, 5) is 9.26. The lowest BCUT2D eigenvalue weighted by Gasteiger charge is -2.08. The summed E-state index contributed by atoms with van der Waals surface area (Å²) in [6.07, 6.45) is 7.44. The van der Waals surface area contributed by atoms with Crippen LogP contribution in [-0.4, -0.2) is 9.97 Å². The van der Waals surface area contributed by atoms with Crippen LogP contribution < -0.4 is 5.73 Å². The molecule has 0 unspecified atom stereocenters. The molecule has 3 rings (SSSR count). The van der Waals surface area contributed by atoms with E-state index in [9.17, 15) is 0 Å². The second-order valence-electron chi connectivity index (χ2n) is 5.40. The van der Waals surface area contributed by atoms with Crippen LogP contribution in [0.3, 0.4) is 0 Å². The summed E-state index contributed by atoms with van der Waals surface area (Å²) in [6.45, 7) is 3.96. The fourth-order valence-electron chi connectivity index (χ4n) is 2.52. The molecule has 0 fully saturated rings. The molecule has 0 aliphatic heterocycles. The van der Waals surface area contributed by atoms with E-state index in [4.69, 9.17) is 10.7 Å². The van der Waals surface area contributed by atoms with Gasteiger partial charge in [-0.25, -0.2) is 4.98 Å². The molecule has 0 saturated carbocycles. The minimum absolute atomic E-state index is 0.941. The first-order chi connectivity index (χ1) is 11.7. The third-order valence-electron chi connectivity index (χ3n) is 3.68. The first-order valence-corrected chi connectivity index (χ1v) is 8.64. The zero-order chi connectivity index (χ0) is 16.9. The van der Waals surface area contributed by atoms with E-state index in [1.165, 1.54) is 0 Å².